The molecule has 0 radical (unpaired) electrons. The van der Waals surface area contributed by atoms with Crippen molar-refractivity contribution in [2.24, 2.45) is 0 Å². The number of amides is 1. The van der Waals surface area contributed by atoms with Crippen molar-refractivity contribution in [1.29, 1.82) is 0 Å². The van der Waals surface area contributed by atoms with Crippen LogP contribution in [0.25, 0.3) is 0 Å². The van der Waals surface area contributed by atoms with Gasteiger partial charge in [0.2, 0.25) is 5.91 Å². The van der Waals surface area contributed by atoms with Gasteiger partial charge in [-0.2, -0.15) is 0 Å². The van der Waals surface area contributed by atoms with Gasteiger partial charge in [0.05, 0.1) is 6.04 Å². The molecule has 2 N–H and O–H groups in total. The van der Waals surface area contributed by atoms with Crippen molar-refractivity contribution < 1.29 is 4.79 Å². The van der Waals surface area contributed by atoms with Crippen molar-refractivity contribution >= 4 is 17.7 Å². The highest BCUT2D eigenvalue weighted by molar-refractivity contribution is 7.99. The van der Waals surface area contributed by atoms with E-state index in [4.69, 9.17) is 0 Å². The Morgan fingerprint density at radius 3 is 2.80 bits per heavy atom. The minimum Gasteiger partial charge on any atom is -0.352 e. The van der Waals surface area contributed by atoms with Crippen molar-refractivity contribution in [2.75, 3.05) is 31.8 Å². The smallest absolute Gasteiger partial charge is 0.238 e. The van der Waals surface area contributed by atoms with Gasteiger partial charge in [-0.25, -0.2) is 0 Å². The van der Waals surface area contributed by atoms with Crippen LogP contribution in [0, 0.1) is 0 Å². The molecule has 2 aliphatic rings. The van der Waals surface area contributed by atoms with E-state index in [-0.39, 0.29) is 11.9 Å². The third kappa shape index (κ3) is 3.09. The molecule has 2 saturated heterocycles. The van der Waals surface area contributed by atoms with Crippen LogP contribution in [0.3, 0.4) is 0 Å². The molecule has 2 fully saturated rings. The molecule has 0 aromatic rings. The fourth-order valence-electron chi connectivity index (χ4n) is 2.02. The summed E-state index contributed by atoms with van der Waals surface area (Å²) in [6, 6.07) is 0.427. The Bertz CT molecular complexity index is 223. The van der Waals surface area contributed by atoms with E-state index in [2.05, 4.69) is 22.6 Å². The summed E-state index contributed by atoms with van der Waals surface area (Å²) in [6.07, 6.45) is 2.17. The van der Waals surface area contributed by atoms with Gasteiger partial charge >= 0.3 is 0 Å². The molecule has 2 rings (SSSR count). The zero-order valence-electron chi connectivity index (χ0n) is 9.16. The van der Waals surface area contributed by atoms with Gasteiger partial charge in [-0.15, -0.1) is 11.8 Å². The average Bonchev–Trinajstić information content (AvgIpc) is 2.74. The molecule has 15 heavy (non-hydrogen) atoms. The second-order valence-corrected chi connectivity index (χ2v) is 5.39. The standard InChI is InChI=1S/C10H19N3OS/c1-13-4-2-8(3-5-13)12-10(14)9-6-15-7-11-9/h8-9,11H,2-7H2,1H3,(H,12,14). The van der Waals surface area contributed by atoms with Crippen molar-refractivity contribution in [3.63, 3.8) is 0 Å². The first-order valence-electron chi connectivity index (χ1n) is 5.56. The topological polar surface area (TPSA) is 44.4 Å². The van der Waals surface area contributed by atoms with E-state index in [0.29, 0.717) is 6.04 Å². The Kier molecular flexibility index (Phi) is 3.88. The highest BCUT2D eigenvalue weighted by Gasteiger charge is 2.25. The summed E-state index contributed by atoms with van der Waals surface area (Å²) in [7, 11) is 2.13. The predicted octanol–water partition coefficient (Wildman–Crippen LogP) is -0.141. The Balaban J connectivity index is 1.74. The Morgan fingerprint density at radius 1 is 1.47 bits per heavy atom. The molecule has 1 atom stereocenters. The first kappa shape index (κ1) is 11.2. The normalized spacial score (nSPS) is 29.3. The third-order valence-electron chi connectivity index (χ3n) is 3.10. The summed E-state index contributed by atoms with van der Waals surface area (Å²) in [5.41, 5.74) is 0. The van der Waals surface area contributed by atoms with Gasteiger partial charge in [0.1, 0.15) is 0 Å². The first-order valence-corrected chi connectivity index (χ1v) is 6.71. The molecule has 5 heteroatoms. The molecule has 1 amide bonds. The molecule has 4 nitrogen and oxygen atoms in total. The molecule has 0 spiro atoms. The molecule has 86 valence electrons. The van der Waals surface area contributed by atoms with Crippen LogP contribution in [0.15, 0.2) is 0 Å². The number of carbonyl (C=O) groups is 1. The minimum absolute atomic E-state index is 0.0367. The number of likely N-dealkylation sites (tertiary alicyclic amines) is 1. The molecule has 0 aliphatic carbocycles. The molecule has 2 aliphatic heterocycles. The molecule has 0 aromatic heterocycles. The molecule has 1 unspecified atom stereocenters. The van der Waals surface area contributed by atoms with Gasteiger partial charge in [0.25, 0.3) is 0 Å². The van der Waals surface area contributed by atoms with Crippen LogP contribution in [0.5, 0.6) is 0 Å². The van der Waals surface area contributed by atoms with E-state index in [1.54, 1.807) is 11.8 Å². The lowest BCUT2D eigenvalue weighted by atomic mass is 10.1. The molecule has 0 saturated carbocycles. The Hall–Kier alpha value is -0.260. The van der Waals surface area contributed by atoms with E-state index in [1.165, 1.54) is 0 Å². The van der Waals surface area contributed by atoms with Gasteiger partial charge in [-0.1, -0.05) is 0 Å². The number of piperidine rings is 1. The summed E-state index contributed by atoms with van der Waals surface area (Å²) < 4.78 is 0. The van der Waals surface area contributed by atoms with Gasteiger partial charge in [-0.05, 0) is 33.0 Å². The van der Waals surface area contributed by atoms with Crippen LogP contribution in [0.1, 0.15) is 12.8 Å². The first-order chi connectivity index (χ1) is 7.25. The third-order valence-corrected chi connectivity index (χ3v) is 4.04. The van der Waals surface area contributed by atoms with Crippen LogP contribution in [0.2, 0.25) is 0 Å². The summed E-state index contributed by atoms with van der Waals surface area (Å²) in [6.45, 7) is 2.19. The van der Waals surface area contributed by atoms with Crippen LogP contribution in [0.4, 0.5) is 0 Å². The summed E-state index contributed by atoms with van der Waals surface area (Å²) in [4.78, 5) is 14.1. The van der Waals surface area contributed by atoms with E-state index < -0.39 is 0 Å². The van der Waals surface area contributed by atoms with Gasteiger partial charge in [0, 0.05) is 17.7 Å². The maximum atomic E-state index is 11.8. The summed E-state index contributed by atoms with van der Waals surface area (Å²) in [5, 5.41) is 6.34. The lowest BCUT2D eigenvalue weighted by Crippen LogP contribution is -2.49. The van der Waals surface area contributed by atoms with Gasteiger partial charge < -0.3 is 10.2 Å². The second-order valence-electron chi connectivity index (χ2n) is 4.36. The number of nitrogens with one attached hydrogen (secondary N) is 2. The molecular formula is C10H19N3OS. The van der Waals surface area contributed by atoms with Crippen molar-refractivity contribution in [2.45, 2.75) is 24.9 Å². The van der Waals surface area contributed by atoms with E-state index in [1.807, 2.05) is 0 Å². The fraction of sp³-hybridized carbons (Fsp3) is 0.900. The molecule has 0 aromatic carbocycles. The lowest BCUT2D eigenvalue weighted by Gasteiger charge is -2.30. The molecule has 0 bridgehead atoms. The van der Waals surface area contributed by atoms with Crippen LogP contribution in [-0.4, -0.2) is 54.7 Å². The van der Waals surface area contributed by atoms with Crippen molar-refractivity contribution in [3.8, 4) is 0 Å². The second kappa shape index (κ2) is 5.18. The van der Waals surface area contributed by atoms with E-state index >= 15 is 0 Å². The number of carbonyl (C=O) groups excluding carboxylic acids is 1. The largest absolute Gasteiger partial charge is 0.352 e. The highest BCUT2D eigenvalue weighted by Crippen LogP contribution is 2.12. The van der Waals surface area contributed by atoms with E-state index in [9.17, 15) is 4.79 Å². The average molecular weight is 229 g/mol. The monoisotopic (exact) mass is 229 g/mol. The Labute approximate surface area is 95.2 Å². The lowest BCUT2D eigenvalue weighted by molar-refractivity contribution is -0.123. The zero-order chi connectivity index (χ0) is 10.7. The van der Waals surface area contributed by atoms with E-state index in [0.717, 1.165) is 37.6 Å². The van der Waals surface area contributed by atoms with Crippen LogP contribution >= 0.6 is 11.8 Å². The van der Waals surface area contributed by atoms with Crippen molar-refractivity contribution in [3.05, 3.63) is 0 Å². The minimum atomic E-state index is 0.0367. The number of hydrogen-bond acceptors (Lipinski definition) is 4. The maximum Gasteiger partial charge on any atom is 0.238 e. The van der Waals surface area contributed by atoms with Crippen LogP contribution < -0.4 is 10.6 Å². The van der Waals surface area contributed by atoms with Gasteiger partial charge in [-0.3, -0.25) is 10.1 Å². The molecule has 2 heterocycles. The van der Waals surface area contributed by atoms with Gasteiger partial charge in [0.15, 0.2) is 0 Å². The quantitative estimate of drug-likeness (QED) is 0.692. The zero-order valence-corrected chi connectivity index (χ0v) is 9.98. The Morgan fingerprint density at radius 2 is 2.20 bits per heavy atom. The number of nitrogens with zero attached hydrogens (tertiary/aromatic N) is 1. The SMILES string of the molecule is CN1CCC(NC(=O)C2CSCN2)CC1. The van der Waals surface area contributed by atoms with Crippen LogP contribution in [-0.2, 0) is 4.79 Å². The number of hydrogen-bond donors (Lipinski definition) is 2. The number of rotatable bonds is 2. The van der Waals surface area contributed by atoms with Crippen molar-refractivity contribution in [1.82, 2.24) is 15.5 Å². The summed E-state index contributed by atoms with van der Waals surface area (Å²) >= 11 is 1.79. The fourth-order valence-corrected chi connectivity index (χ4v) is 2.96. The maximum absolute atomic E-state index is 11.8. The highest BCUT2D eigenvalue weighted by atomic mass is 32.2. The number of thioether (sulfide) groups is 1. The predicted molar refractivity (Wildman–Crippen MR) is 62.9 cm³/mol. The molecular weight excluding hydrogens is 210 g/mol. The summed E-state index contributed by atoms with van der Waals surface area (Å²) in [5.74, 6) is 2.01.